The van der Waals surface area contributed by atoms with E-state index in [0.29, 0.717) is 0 Å². The first kappa shape index (κ1) is 31.3. The molecule has 0 N–H and O–H groups in total. The summed E-state index contributed by atoms with van der Waals surface area (Å²) in [5.41, 5.74) is 9.57. The van der Waals surface area contributed by atoms with Crippen molar-refractivity contribution in [3.05, 3.63) is 200 Å². The van der Waals surface area contributed by atoms with E-state index < -0.39 is 0 Å². The van der Waals surface area contributed by atoms with E-state index in [-0.39, 0.29) is 0 Å². The van der Waals surface area contributed by atoms with Gasteiger partial charge in [0.05, 0.1) is 5.69 Å². The number of nitrogens with zero attached hydrogens (tertiary/aromatic N) is 2. The van der Waals surface area contributed by atoms with Crippen LogP contribution in [0.25, 0.3) is 52.8 Å². The first-order valence-electron chi connectivity index (χ1n) is 18.3. The molecule has 10 rings (SSSR count). The van der Waals surface area contributed by atoms with E-state index in [1.807, 2.05) is 11.3 Å². The molecule has 0 spiro atoms. The quantitative estimate of drug-likeness (QED) is 0.153. The van der Waals surface area contributed by atoms with Crippen molar-refractivity contribution in [2.24, 2.45) is 0 Å². The van der Waals surface area contributed by atoms with Crippen LogP contribution < -0.4 is 9.80 Å². The Morgan fingerprint density at radius 2 is 1.11 bits per heavy atom. The topological polar surface area (TPSA) is 6.48 Å². The smallest absolute Gasteiger partial charge is 0.0549 e. The molecular formula is C50H36N2S. The first-order chi connectivity index (χ1) is 26.3. The lowest BCUT2D eigenvalue weighted by Crippen LogP contribution is -2.17. The first-order valence-corrected chi connectivity index (χ1v) is 19.1. The Hall–Kier alpha value is -6.42. The highest BCUT2D eigenvalue weighted by Crippen LogP contribution is 2.45. The Balaban J connectivity index is 1.15. The zero-order valence-corrected chi connectivity index (χ0v) is 30.0. The van der Waals surface area contributed by atoms with Gasteiger partial charge in [-0.15, -0.1) is 11.3 Å². The monoisotopic (exact) mass is 696 g/mol. The van der Waals surface area contributed by atoms with Crippen LogP contribution >= 0.6 is 11.3 Å². The number of hydrogen-bond donors (Lipinski definition) is 0. The molecule has 0 saturated carbocycles. The normalized spacial score (nSPS) is 12.8. The van der Waals surface area contributed by atoms with Crippen molar-refractivity contribution in [2.75, 3.05) is 9.80 Å². The fraction of sp³-hybridized carbons (Fsp3) is 0.0400. The van der Waals surface area contributed by atoms with Crippen molar-refractivity contribution in [2.45, 2.75) is 12.8 Å². The molecule has 53 heavy (non-hydrogen) atoms. The molecule has 0 bridgehead atoms. The van der Waals surface area contributed by atoms with E-state index in [1.54, 1.807) is 0 Å². The maximum atomic E-state index is 2.49. The van der Waals surface area contributed by atoms with Crippen molar-refractivity contribution in [1.29, 1.82) is 0 Å². The Labute approximate surface area is 313 Å². The molecule has 0 radical (unpaired) electrons. The van der Waals surface area contributed by atoms with Crippen molar-refractivity contribution in [1.82, 2.24) is 0 Å². The van der Waals surface area contributed by atoms with Gasteiger partial charge < -0.3 is 9.80 Å². The number of fused-ring (bicyclic) bond motifs is 6. The Kier molecular flexibility index (Phi) is 7.85. The third-order valence-corrected chi connectivity index (χ3v) is 11.6. The van der Waals surface area contributed by atoms with E-state index in [9.17, 15) is 0 Å². The molecule has 0 atom stereocenters. The minimum absolute atomic E-state index is 0.989. The summed E-state index contributed by atoms with van der Waals surface area (Å²) in [7, 11) is 0. The van der Waals surface area contributed by atoms with Gasteiger partial charge >= 0.3 is 0 Å². The highest BCUT2D eigenvalue weighted by atomic mass is 32.1. The van der Waals surface area contributed by atoms with Crippen LogP contribution in [-0.4, -0.2) is 0 Å². The molecule has 0 fully saturated rings. The standard InChI is InChI=1S/C50H36N2S/c1-5-16-39(17-6-1)51(40-18-7-2-8-19-40)43-28-29-45-46-32-36(27-30-48(46)53-49(45)34-43)38-31-37-26-25-35-15-13-14-24-44(35)50(37)47(33-38)52(41-20-9-3-10-21-41)42-22-11-4-12-23-42/h1-11,13-22,24-34H,12,23H2. The minimum atomic E-state index is 0.989. The van der Waals surface area contributed by atoms with Gasteiger partial charge in [0.15, 0.2) is 0 Å². The fourth-order valence-electron chi connectivity index (χ4n) is 7.97. The van der Waals surface area contributed by atoms with Gasteiger partial charge in [0.1, 0.15) is 0 Å². The van der Waals surface area contributed by atoms with Gasteiger partial charge in [0.25, 0.3) is 0 Å². The van der Waals surface area contributed by atoms with Crippen molar-refractivity contribution < 1.29 is 0 Å². The lowest BCUT2D eigenvalue weighted by molar-refractivity contribution is 0.919. The molecule has 252 valence electrons. The SMILES string of the molecule is C1=CCCC(N(c2ccccc2)c2cc(-c3ccc4sc5cc(N(c6ccccc6)c6ccccc6)ccc5c4c3)cc3ccc4ccccc4c23)=C1. The van der Waals surface area contributed by atoms with Crippen LogP contribution in [-0.2, 0) is 0 Å². The molecule has 0 unspecified atom stereocenters. The largest absolute Gasteiger partial charge is 0.314 e. The molecular weight excluding hydrogens is 661 g/mol. The Bertz CT molecular complexity index is 2790. The highest BCUT2D eigenvalue weighted by molar-refractivity contribution is 7.25. The highest BCUT2D eigenvalue weighted by Gasteiger charge is 2.21. The molecule has 1 aromatic heterocycles. The Morgan fingerprint density at radius 1 is 0.434 bits per heavy atom. The minimum Gasteiger partial charge on any atom is -0.314 e. The molecule has 3 heteroatoms. The van der Waals surface area contributed by atoms with Gasteiger partial charge in [-0.3, -0.25) is 0 Å². The summed E-state index contributed by atoms with van der Waals surface area (Å²) in [6.07, 6.45) is 8.78. The maximum absolute atomic E-state index is 2.49. The molecule has 2 nitrogen and oxygen atoms in total. The van der Waals surface area contributed by atoms with Crippen molar-refractivity contribution in [3.63, 3.8) is 0 Å². The third kappa shape index (κ3) is 5.67. The van der Waals surface area contributed by atoms with Crippen LogP contribution in [0.3, 0.4) is 0 Å². The number of thiophene rings is 1. The second kappa shape index (κ2) is 13.3. The second-order valence-corrected chi connectivity index (χ2v) is 14.8. The Morgan fingerprint density at radius 3 is 1.83 bits per heavy atom. The molecule has 0 saturated heterocycles. The summed E-state index contributed by atoms with van der Waals surface area (Å²) in [5, 5.41) is 7.62. The number of allylic oxidation sites excluding steroid dienone is 4. The maximum Gasteiger partial charge on any atom is 0.0549 e. The second-order valence-electron chi connectivity index (χ2n) is 13.7. The van der Waals surface area contributed by atoms with E-state index in [4.69, 9.17) is 0 Å². The zero-order valence-electron chi connectivity index (χ0n) is 29.2. The van der Waals surface area contributed by atoms with Gasteiger partial charge in [-0.2, -0.15) is 0 Å². The van der Waals surface area contributed by atoms with E-state index in [1.165, 1.54) is 69.9 Å². The summed E-state index contributed by atoms with van der Waals surface area (Å²) in [6.45, 7) is 0. The predicted octanol–water partition coefficient (Wildman–Crippen LogP) is 14.9. The summed E-state index contributed by atoms with van der Waals surface area (Å²) >= 11 is 1.87. The van der Waals surface area contributed by atoms with Gasteiger partial charge in [-0.05, 0) is 119 Å². The third-order valence-electron chi connectivity index (χ3n) is 10.4. The van der Waals surface area contributed by atoms with Crippen LogP contribution in [0.4, 0.5) is 28.4 Å². The lowest BCUT2D eigenvalue weighted by atomic mass is 9.94. The van der Waals surface area contributed by atoms with Crippen molar-refractivity contribution >= 4 is 81.5 Å². The molecule has 0 amide bonds. The van der Waals surface area contributed by atoms with Crippen LogP contribution in [0.1, 0.15) is 12.8 Å². The van der Waals surface area contributed by atoms with Crippen LogP contribution in [0.5, 0.6) is 0 Å². The van der Waals surface area contributed by atoms with Gasteiger partial charge in [-0.1, -0.05) is 115 Å². The summed E-state index contributed by atoms with van der Waals surface area (Å²) < 4.78 is 2.58. The van der Waals surface area contributed by atoms with E-state index in [2.05, 4.69) is 204 Å². The van der Waals surface area contributed by atoms with Gasteiger partial charge in [0.2, 0.25) is 0 Å². The molecule has 1 aliphatic rings. The number of benzene rings is 8. The lowest BCUT2D eigenvalue weighted by Gasteiger charge is -2.31. The van der Waals surface area contributed by atoms with Gasteiger partial charge in [-0.25, -0.2) is 0 Å². The predicted molar refractivity (Wildman–Crippen MR) is 229 cm³/mol. The molecule has 8 aromatic carbocycles. The number of para-hydroxylation sites is 3. The summed E-state index contributed by atoms with van der Waals surface area (Å²) in [6, 6.07) is 64.2. The average Bonchev–Trinajstić information content (AvgIpc) is 3.60. The van der Waals surface area contributed by atoms with Crippen LogP contribution in [0, 0.1) is 0 Å². The number of anilines is 5. The van der Waals surface area contributed by atoms with Crippen LogP contribution in [0.2, 0.25) is 0 Å². The summed E-state index contributed by atoms with van der Waals surface area (Å²) in [4.78, 5) is 4.83. The van der Waals surface area contributed by atoms with Gasteiger partial charge in [0, 0.05) is 54.0 Å². The summed E-state index contributed by atoms with van der Waals surface area (Å²) in [5.74, 6) is 0. The molecule has 9 aromatic rings. The zero-order chi connectivity index (χ0) is 35.1. The van der Waals surface area contributed by atoms with Crippen molar-refractivity contribution in [3.8, 4) is 11.1 Å². The average molecular weight is 697 g/mol. The molecule has 1 aliphatic carbocycles. The molecule has 1 heterocycles. The van der Waals surface area contributed by atoms with E-state index >= 15 is 0 Å². The van der Waals surface area contributed by atoms with E-state index in [0.717, 1.165) is 29.9 Å². The number of hydrogen-bond acceptors (Lipinski definition) is 3. The molecule has 0 aliphatic heterocycles. The number of rotatable bonds is 7. The van der Waals surface area contributed by atoms with Crippen LogP contribution in [0.15, 0.2) is 200 Å². The fourth-order valence-corrected chi connectivity index (χ4v) is 9.08.